The molecule has 1 aliphatic heterocycles. The first kappa shape index (κ1) is 16.2. The number of nitriles is 1. The molecular weight excluding hydrogens is 330 g/mol. The van der Waals surface area contributed by atoms with Crippen LogP contribution in [0.1, 0.15) is 16.8 Å². The molecule has 1 saturated heterocycles. The normalized spacial score (nSPS) is 14.7. The molecule has 0 radical (unpaired) electrons. The van der Waals surface area contributed by atoms with Crippen LogP contribution in [0.3, 0.4) is 0 Å². The second-order valence-electron chi connectivity index (χ2n) is 6.40. The van der Waals surface area contributed by atoms with Crippen molar-refractivity contribution in [2.45, 2.75) is 13.8 Å². The van der Waals surface area contributed by atoms with Gasteiger partial charge in [0, 0.05) is 33.2 Å². The molecule has 26 heavy (non-hydrogen) atoms. The second kappa shape index (κ2) is 6.22. The van der Waals surface area contributed by atoms with Gasteiger partial charge in [-0.2, -0.15) is 15.5 Å². The van der Waals surface area contributed by atoms with Crippen molar-refractivity contribution in [2.75, 3.05) is 36.0 Å². The summed E-state index contributed by atoms with van der Waals surface area (Å²) in [4.78, 5) is 13.1. The number of fused-ring (bicyclic) bond motifs is 1. The summed E-state index contributed by atoms with van der Waals surface area (Å²) in [5.74, 6) is 1.57. The Labute approximate surface area is 150 Å². The topological polar surface area (TPSA) is 99.7 Å². The SMILES string of the molecule is Cc1nnc(N2CCN(c3ncnc4c3cnn4C)CC2)c(C#N)c1C. The number of anilines is 2. The first-order valence-electron chi connectivity index (χ1n) is 8.46. The van der Waals surface area contributed by atoms with Crippen LogP contribution in [0.25, 0.3) is 11.0 Å². The van der Waals surface area contributed by atoms with Gasteiger partial charge < -0.3 is 9.80 Å². The van der Waals surface area contributed by atoms with E-state index in [1.54, 1.807) is 17.2 Å². The lowest BCUT2D eigenvalue weighted by atomic mass is 10.1. The lowest BCUT2D eigenvalue weighted by molar-refractivity contribution is 0.637. The summed E-state index contributed by atoms with van der Waals surface area (Å²) in [6, 6.07) is 2.28. The molecule has 132 valence electrons. The predicted molar refractivity (Wildman–Crippen MR) is 97.0 cm³/mol. The molecule has 0 spiro atoms. The Balaban J connectivity index is 1.58. The van der Waals surface area contributed by atoms with Gasteiger partial charge in [0.1, 0.15) is 23.8 Å². The molecule has 4 heterocycles. The highest BCUT2D eigenvalue weighted by atomic mass is 15.3. The van der Waals surface area contributed by atoms with E-state index in [9.17, 15) is 5.26 Å². The van der Waals surface area contributed by atoms with Gasteiger partial charge in [-0.15, -0.1) is 5.10 Å². The van der Waals surface area contributed by atoms with Crippen molar-refractivity contribution in [3.63, 3.8) is 0 Å². The summed E-state index contributed by atoms with van der Waals surface area (Å²) < 4.78 is 1.75. The van der Waals surface area contributed by atoms with Crippen molar-refractivity contribution >= 4 is 22.7 Å². The first-order valence-corrected chi connectivity index (χ1v) is 8.46. The molecule has 4 rings (SSSR count). The van der Waals surface area contributed by atoms with E-state index in [0.29, 0.717) is 11.4 Å². The zero-order valence-electron chi connectivity index (χ0n) is 15.0. The van der Waals surface area contributed by atoms with Gasteiger partial charge in [0.05, 0.1) is 17.3 Å². The van der Waals surface area contributed by atoms with E-state index in [1.165, 1.54) is 0 Å². The van der Waals surface area contributed by atoms with E-state index in [0.717, 1.165) is 54.3 Å². The largest absolute Gasteiger partial charge is 0.352 e. The van der Waals surface area contributed by atoms with Crippen LogP contribution in [0.2, 0.25) is 0 Å². The van der Waals surface area contributed by atoms with Crippen LogP contribution in [0.15, 0.2) is 12.5 Å². The molecule has 3 aromatic rings. The Morgan fingerprint density at radius 2 is 1.69 bits per heavy atom. The fourth-order valence-corrected chi connectivity index (χ4v) is 3.28. The van der Waals surface area contributed by atoms with Gasteiger partial charge in [-0.3, -0.25) is 4.68 Å². The smallest absolute Gasteiger partial charge is 0.169 e. The molecule has 0 saturated carbocycles. The summed E-state index contributed by atoms with van der Waals surface area (Å²) in [5, 5.41) is 23.2. The minimum atomic E-state index is 0.614. The summed E-state index contributed by atoms with van der Waals surface area (Å²) in [6.45, 7) is 6.84. The van der Waals surface area contributed by atoms with Gasteiger partial charge >= 0.3 is 0 Å². The van der Waals surface area contributed by atoms with Crippen LogP contribution in [0.4, 0.5) is 11.6 Å². The van der Waals surface area contributed by atoms with Gasteiger partial charge in [-0.1, -0.05) is 0 Å². The van der Waals surface area contributed by atoms with Crippen LogP contribution >= 0.6 is 0 Å². The molecule has 0 aliphatic carbocycles. The molecular formula is C17H19N9. The average molecular weight is 349 g/mol. The maximum Gasteiger partial charge on any atom is 0.169 e. The highest BCUT2D eigenvalue weighted by molar-refractivity contribution is 5.86. The van der Waals surface area contributed by atoms with E-state index in [1.807, 2.05) is 20.9 Å². The third-order valence-electron chi connectivity index (χ3n) is 4.93. The molecule has 3 aromatic heterocycles. The Bertz CT molecular complexity index is 1010. The van der Waals surface area contributed by atoms with Crippen molar-refractivity contribution < 1.29 is 0 Å². The molecule has 0 bridgehead atoms. The highest BCUT2D eigenvalue weighted by Crippen LogP contribution is 2.26. The number of hydrogen-bond acceptors (Lipinski definition) is 8. The fourth-order valence-electron chi connectivity index (χ4n) is 3.28. The van der Waals surface area contributed by atoms with Crippen molar-refractivity contribution in [2.24, 2.45) is 7.05 Å². The van der Waals surface area contributed by atoms with Gasteiger partial charge in [0.15, 0.2) is 11.5 Å². The Morgan fingerprint density at radius 3 is 2.38 bits per heavy atom. The predicted octanol–water partition coefficient (Wildman–Crippen LogP) is 0.968. The van der Waals surface area contributed by atoms with Crippen LogP contribution in [0, 0.1) is 25.2 Å². The first-order chi connectivity index (χ1) is 12.6. The zero-order valence-corrected chi connectivity index (χ0v) is 15.0. The zero-order chi connectivity index (χ0) is 18.3. The fraction of sp³-hybridized carbons (Fsp3) is 0.412. The van der Waals surface area contributed by atoms with Crippen molar-refractivity contribution in [3.8, 4) is 6.07 Å². The quantitative estimate of drug-likeness (QED) is 0.675. The third kappa shape index (κ3) is 2.50. The van der Waals surface area contributed by atoms with Gasteiger partial charge in [0.2, 0.25) is 0 Å². The lowest BCUT2D eigenvalue weighted by Gasteiger charge is -2.36. The minimum Gasteiger partial charge on any atom is -0.352 e. The molecule has 0 aromatic carbocycles. The summed E-state index contributed by atoms with van der Waals surface area (Å²) in [6.07, 6.45) is 3.38. The van der Waals surface area contributed by atoms with Gasteiger partial charge in [-0.05, 0) is 19.4 Å². The summed E-state index contributed by atoms with van der Waals surface area (Å²) in [5.41, 5.74) is 3.13. The molecule has 0 N–H and O–H groups in total. The minimum absolute atomic E-state index is 0.614. The third-order valence-corrected chi connectivity index (χ3v) is 4.93. The maximum atomic E-state index is 9.52. The maximum absolute atomic E-state index is 9.52. The van der Waals surface area contributed by atoms with E-state index in [4.69, 9.17) is 0 Å². The number of rotatable bonds is 2. The van der Waals surface area contributed by atoms with Gasteiger partial charge in [-0.25, -0.2) is 9.97 Å². The lowest BCUT2D eigenvalue weighted by Crippen LogP contribution is -2.47. The molecule has 9 heteroatoms. The van der Waals surface area contributed by atoms with Crippen LogP contribution in [-0.4, -0.2) is 56.1 Å². The van der Waals surface area contributed by atoms with E-state index < -0.39 is 0 Å². The Kier molecular flexibility index (Phi) is 3.88. The van der Waals surface area contributed by atoms with Gasteiger partial charge in [0.25, 0.3) is 0 Å². The monoisotopic (exact) mass is 349 g/mol. The number of aryl methyl sites for hydroxylation is 2. The molecule has 0 amide bonds. The average Bonchev–Trinajstić information content (AvgIpc) is 3.05. The summed E-state index contributed by atoms with van der Waals surface area (Å²) >= 11 is 0. The van der Waals surface area contributed by atoms with Crippen LogP contribution < -0.4 is 9.80 Å². The molecule has 0 atom stereocenters. The highest BCUT2D eigenvalue weighted by Gasteiger charge is 2.24. The number of nitrogens with zero attached hydrogens (tertiary/aromatic N) is 9. The number of aromatic nitrogens is 6. The van der Waals surface area contributed by atoms with E-state index >= 15 is 0 Å². The Hall–Kier alpha value is -3.28. The molecule has 0 unspecified atom stereocenters. The summed E-state index contributed by atoms with van der Waals surface area (Å²) in [7, 11) is 1.87. The molecule has 9 nitrogen and oxygen atoms in total. The van der Waals surface area contributed by atoms with E-state index in [2.05, 4.69) is 41.1 Å². The second-order valence-corrected chi connectivity index (χ2v) is 6.40. The Morgan fingerprint density at radius 1 is 1.00 bits per heavy atom. The van der Waals surface area contributed by atoms with Crippen molar-refractivity contribution in [1.29, 1.82) is 5.26 Å². The van der Waals surface area contributed by atoms with Crippen LogP contribution in [-0.2, 0) is 7.05 Å². The number of piperazine rings is 1. The molecule has 1 fully saturated rings. The van der Waals surface area contributed by atoms with E-state index in [-0.39, 0.29) is 0 Å². The number of hydrogen-bond donors (Lipinski definition) is 0. The molecule has 1 aliphatic rings. The van der Waals surface area contributed by atoms with Crippen molar-refractivity contribution in [3.05, 3.63) is 29.3 Å². The standard InChI is InChI=1S/C17H19N9/c1-11-12(2)22-23-17(13(11)8-18)26-6-4-25(5-7-26)16-14-9-21-24(3)15(14)19-10-20-16/h9-10H,4-7H2,1-3H3. The van der Waals surface area contributed by atoms with Crippen LogP contribution in [0.5, 0.6) is 0 Å². The van der Waals surface area contributed by atoms with Crippen molar-refractivity contribution in [1.82, 2.24) is 29.9 Å².